The van der Waals surface area contributed by atoms with Gasteiger partial charge in [-0.25, -0.2) is 4.98 Å². The number of rotatable bonds is 11. The van der Waals surface area contributed by atoms with E-state index in [1.54, 1.807) is 71.3 Å². The average molecular weight is 657 g/mol. The fourth-order valence-corrected chi connectivity index (χ4v) is 6.24. The van der Waals surface area contributed by atoms with E-state index < -0.39 is 5.60 Å². The summed E-state index contributed by atoms with van der Waals surface area (Å²) in [5.74, 6) is 0.816. The second kappa shape index (κ2) is 13.1. The van der Waals surface area contributed by atoms with Crippen LogP contribution in [0.25, 0.3) is 16.4 Å². The molecule has 244 valence electrons. The van der Waals surface area contributed by atoms with Crippen LogP contribution in [0, 0.1) is 0 Å². The van der Waals surface area contributed by atoms with Crippen molar-refractivity contribution < 1.29 is 28.9 Å². The Kier molecular flexibility index (Phi) is 8.98. The number of ether oxygens (including phenoxy) is 3. The van der Waals surface area contributed by atoms with Crippen molar-refractivity contribution in [2.24, 2.45) is 0 Å². The Labute approximate surface area is 277 Å². The predicted molar refractivity (Wildman–Crippen MR) is 183 cm³/mol. The van der Waals surface area contributed by atoms with Crippen molar-refractivity contribution in [2.75, 3.05) is 43.0 Å². The maximum Gasteiger partial charge on any atom is 0.278 e. The van der Waals surface area contributed by atoms with Crippen molar-refractivity contribution in [3.05, 3.63) is 89.9 Å². The number of aromatic nitrogens is 2. The zero-order valence-electron chi connectivity index (χ0n) is 26.7. The number of imidazole rings is 1. The van der Waals surface area contributed by atoms with E-state index in [0.29, 0.717) is 59.2 Å². The van der Waals surface area contributed by atoms with Crippen LogP contribution >= 0.6 is 11.6 Å². The molecule has 3 aromatic carbocycles. The van der Waals surface area contributed by atoms with E-state index in [9.17, 15) is 14.7 Å². The molecule has 1 aliphatic heterocycles. The summed E-state index contributed by atoms with van der Waals surface area (Å²) in [6, 6.07) is 17.5. The first-order chi connectivity index (χ1) is 22.6. The van der Waals surface area contributed by atoms with Gasteiger partial charge >= 0.3 is 0 Å². The third-order valence-electron chi connectivity index (χ3n) is 8.37. The van der Waals surface area contributed by atoms with E-state index in [1.165, 1.54) is 0 Å². The molecule has 3 heterocycles. The lowest BCUT2D eigenvalue weighted by Gasteiger charge is -2.26. The lowest BCUT2D eigenvalue weighted by Crippen LogP contribution is -2.30. The highest BCUT2D eigenvalue weighted by Gasteiger charge is 2.36. The second-order valence-corrected chi connectivity index (χ2v) is 12.4. The zero-order chi connectivity index (χ0) is 33.3. The van der Waals surface area contributed by atoms with Gasteiger partial charge in [-0.1, -0.05) is 12.1 Å². The zero-order valence-corrected chi connectivity index (χ0v) is 27.5. The molecule has 0 saturated heterocycles. The summed E-state index contributed by atoms with van der Waals surface area (Å²) in [5.41, 5.74) is 2.79. The van der Waals surface area contributed by atoms with E-state index >= 15 is 0 Å². The monoisotopic (exact) mass is 656 g/mol. The third kappa shape index (κ3) is 6.43. The maximum atomic E-state index is 13.9. The fraction of sp³-hybridized carbons (Fsp3) is 0.306. The molecule has 11 heteroatoms. The van der Waals surface area contributed by atoms with Crippen molar-refractivity contribution in [1.82, 2.24) is 9.38 Å². The molecule has 47 heavy (non-hydrogen) atoms. The van der Waals surface area contributed by atoms with Crippen LogP contribution < -0.4 is 19.7 Å². The van der Waals surface area contributed by atoms with Gasteiger partial charge < -0.3 is 33.9 Å². The molecule has 0 fully saturated rings. The molecular formula is C36H37ClN4O6. The number of fused-ring (bicyclic) bond motifs is 4. The van der Waals surface area contributed by atoms with Crippen LogP contribution in [0.5, 0.6) is 17.2 Å². The number of hydrogen-bond acceptors (Lipinski definition) is 7. The van der Waals surface area contributed by atoms with Gasteiger partial charge in [0.05, 0.1) is 25.1 Å². The number of aromatic hydroxyl groups is 1. The Bertz CT molecular complexity index is 1960. The molecule has 0 saturated carbocycles. The first kappa shape index (κ1) is 32.2. The summed E-state index contributed by atoms with van der Waals surface area (Å²) in [6.07, 6.45) is 4.07. The van der Waals surface area contributed by atoms with Gasteiger partial charge in [0.25, 0.3) is 11.8 Å². The first-order valence-electron chi connectivity index (χ1n) is 15.5. The molecule has 0 spiro atoms. The van der Waals surface area contributed by atoms with E-state index in [2.05, 4.69) is 10.3 Å². The summed E-state index contributed by atoms with van der Waals surface area (Å²) >= 11 is 6.40. The van der Waals surface area contributed by atoms with Crippen LogP contribution in [-0.2, 0) is 4.74 Å². The van der Waals surface area contributed by atoms with Crippen molar-refractivity contribution in [1.29, 1.82) is 0 Å². The number of amides is 2. The lowest BCUT2D eigenvalue weighted by atomic mass is 9.94. The Balaban J connectivity index is 1.19. The standard InChI is InChI=1S/C36H37ClN4O6/c1-5-46-16-15-36(2,3)47-25-12-9-22(10-13-25)34(43)38-24-11-14-31-39-27(21-40(31)20-24)35(44)41-19-23(18-37)32-28(41)17-29(42)26-7-6-8-30(45-4)33(26)32/h6-14,17,20-21,23,42H,5,15-16,18-19H2,1-4H3,(H,38,43)/t23-/m1/s1. The number of alkyl halides is 1. The minimum atomic E-state index is -0.410. The van der Waals surface area contributed by atoms with Crippen LogP contribution in [0.4, 0.5) is 11.4 Å². The number of nitrogens with one attached hydrogen (secondary N) is 1. The normalized spacial score (nSPS) is 14.4. The maximum absolute atomic E-state index is 13.9. The van der Waals surface area contributed by atoms with Gasteiger partial charge in [-0.15, -0.1) is 11.6 Å². The third-order valence-corrected chi connectivity index (χ3v) is 8.74. The molecule has 0 unspecified atom stereocenters. The number of methoxy groups -OCH3 is 1. The molecular weight excluding hydrogens is 620 g/mol. The number of anilines is 2. The van der Waals surface area contributed by atoms with Gasteiger partial charge in [0.1, 0.15) is 34.2 Å². The number of carbonyl (C=O) groups excluding carboxylic acids is 2. The predicted octanol–water partition coefficient (Wildman–Crippen LogP) is 7.02. The van der Waals surface area contributed by atoms with Gasteiger partial charge in [-0.2, -0.15) is 0 Å². The number of benzene rings is 3. The lowest BCUT2D eigenvalue weighted by molar-refractivity contribution is 0.0505. The summed E-state index contributed by atoms with van der Waals surface area (Å²) in [6.45, 7) is 7.57. The van der Waals surface area contributed by atoms with E-state index in [-0.39, 0.29) is 35.1 Å². The molecule has 1 aliphatic rings. The van der Waals surface area contributed by atoms with Gasteiger partial charge in [0, 0.05) is 66.2 Å². The van der Waals surface area contributed by atoms with Crippen molar-refractivity contribution in [3.63, 3.8) is 0 Å². The van der Waals surface area contributed by atoms with Gasteiger partial charge in [-0.05, 0) is 68.8 Å². The molecule has 2 N–H and O–H groups in total. The summed E-state index contributed by atoms with van der Waals surface area (Å²) in [5, 5.41) is 15.2. The minimum absolute atomic E-state index is 0.0459. The first-order valence-corrected chi connectivity index (χ1v) is 16.0. The van der Waals surface area contributed by atoms with Crippen LogP contribution in [0.1, 0.15) is 59.5 Å². The number of carbonyl (C=O) groups is 2. The number of halogens is 1. The fourth-order valence-electron chi connectivity index (χ4n) is 5.99. The highest BCUT2D eigenvalue weighted by atomic mass is 35.5. The molecule has 1 atom stereocenters. The molecule has 6 rings (SSSR count). The minimum Gasteiger partial charge on any atom is -0.507 e. The number of phenols is 1. The van der Waals surface area contributed by atoms with Crippen LogP contribution in [0.3, 0.4) is 0 Å². The quantitative estimate of drug-likeness (QED) is 0.116. The highest BCUT2D eigenvalue weighted by molar-refractivity contribution is 6.19. The SMILES string of the molecule is CCOCCC(C)(C)Oc1ccc(C(=O)Nc2ccc3nc(C(=O)N4C[C@@H](CCl)c5c4cc(O)c4cccc(OC)c54)cn3c2)cc1. The van der Waals surface area contributed by atoms with Crippen molar-refractivity contribution in [2.45, 2.75) is 38.7 Å². The smallest absolute Gasteiger partial charge is 0.278 e. The summed E-state index contributed by atoms with van der Waals surface area (Å²) in [7, 11) is 1.57. The molecule has 0 radical (unpaired) electrons. The summed E-state index contributed by atoms with van der Waals surface area (Å²) in [4.78, 5) is 33.1. The number of pyridine rings is 1. The highest BCUT2D eigenvalue weighted by Crippen LogP contribution is 2.48. The van der Waals surface area contributed by atoms with Gasteiger partial charge in [0.2, 0.25) is 0 Å². The Morgan fingerprint density at radius 3 is 2.62 bits per heavy atom. The molecule has 10 nitrogen and oxygen atoms in total. The summed E-state index contributed by atoms with van der Waals surface area (Å²) < 4.78 is 18.9. The number of nitrogens with zero attached hydrogens (tertiary/aromatic N) is 3. The van der Waals surface area contributed by atoms with Crippen LogP contribution in [0.15, 0.2) is 73.1 Å². The Hall–Kier alpha value is -4.80. The van der Waals surface area contributed by atoms with E-state index in [1.807, 2.05) is 39.0 Å². The van der Waals surface area contributed by atoms with E-state index in [0.717, 1.165) is 17.4 Å². The molecule has 2 aromatic heterocycles. The number of phenolic OH excluding ortho intramolecular Hbond substituents is 1. The largest absolute Gasteiger partial charge is 0.507 e. The molecule has 5 aromatic rings. The Morgan fingerprint density at radius 1 is 1.11 bits per heavy atom. The van der Waals surface area contributed by atoms with Crippen molar-refractivity contribution >= 4 is 51.2 Å². The van der Waals surface area contributed by atoms with E-state index in [4.69, 9.17) is 25.8 Å². The van der Waals surface area contributed by atoms with Gasteiger partial charge in [0.15, 0.2) is 0 Å². The molecule has 2 amide bonds. The van der Waals surface area contributed by atoms with Gasteiger partial charge in [-0.3, -0.25) is 9.59 Å². The Morgan fingerprint density at radius 2 is 1.89 bits per heavy atom. The average Bonchev–Trinajstić information content (AvgIpc) is 3.65. The molecule has 0 aliphatic carbocycles. The number of hydrogen-bond donors (Lipinski definition) is 2. The van der Waals surface area contributed by atoms with Crippen LogP contribution in [-0.4, -0.2) is 64.7 Å². The van der Waals surface area contributed by atoms with Crippen LogP contribution in [0.2, 0.25) is 0 Å². The second-order valence-electron chi connectivity index (χ2n) is 12.1. The molecule has 0 bridgehead atoms. The topological polar surface area (TPSA) is 115 Å². The van der Waals surface area contributed by atoms with Crippen molar-refractivity contribution in [3.8, 4) is 17.2 Å².